The number of carbonyl (C=O) groups excluding carboxylic acids is 3. The van der Waals surface area contributed by atoms with Crippen LogP contribution in [-0.4, -0.2) is 61.8 Å². The molecule has 2 aliphatic rings. The van der Waals surface area contributed by atoms with Crippen molar-refractivity contribution in [1.82, 2.24) is 14.3 Å². The second-order valence-electron chi connectivity index (χ2n) is 7.12. The van der Waals surface area contributed by atoms with E-state index < -0.39 is 30.2 Å². The van der Waals surface area contributed by atoms with Crippen LogP contribution >= 0.6 is 35.1 Å². The molecule has 1 amide bonds. The second kappa shape index (κ2) is 8.39. The fourth-order valence-corrected chi connectivity index (χ4v) is 5.35. The van der Waals surface area contributed by atoms with Crippen molar-refractivity contribution in [3.05, 3.63) is 17.6 Å². The highest BCUT2D eigenvalue weighted by molar-refractivity contribution is 8.01. The smallest absolute Gasteiger partial charge is 0.357 e. The number of ether oxygens (including phenoxy) is 2. The van der Waals surface area contributed by atoms with Crippen molar-refractivity contribution in [2.24, 2.45) is 11.1 Å². The van der Waals surface area contributed by atoms with Crippen LogP contribution in [0.2, 0.25) is 0 Å². The van der Waals surface area contributed by atoms with Gasteiger partial charge in [0, 0.05) is 11.5 Å². The molecule has 0 saturated carbocycles. The van der Waals surface area contributed by atoms with Gasteiger partial charge < -0.3 is 15.2 Å². The van der Waals surface area contributed by atoms with Gasteiger partial charge in [-0.3, -0.25) is 14.5 Å². The minimum absolute atomic E-state index is 0.180. The molecule has 0 bridgehead atoms. The molecule has 28 heavy (non-hydrogen) atoms. The van der Waals surface area contributed by atoms with E-state index in [9.17, 15) is 14.4 Å². The Bertz CT molecular complexity index is 806. The standard InChI is InChI=1S/C16H20N4O5S3/c1-16(2,3)14(23)25-7-24-13(22)10-8(5-27-15-18-6-19-28-15)4-26-12-9(17)11(21)20(10)12/h6,9,12H,4-5,7,17H2,1-3H3/t9?,12-/m0/s1. The van der Waals surface area contributed by atoms with Crippen LogP contribution in [0, 0.1) is 5.41 Å². The van der Waals surface area contributed by atoms with Gasteiger partial charge >= 0.3 is 11.9 Å². The minimum atomic E-state index is -0.708. The fraction of sp³-hybridized carbons (Fsp3) is 0.562. The highest BCUT2D eigenvalue weighted by Gasteiger charge is 2.52. The third-order valence-corrected chi connectivity index (χ3v) is 7.23. The van der Waals surface area contributed by atoms with Gasteiger partial charge in [-0.2, -0.15) is 4.37 Å². The normalized spacial score (nSPS) is 21.9. The number of carbonyl (C=O) groups is 3. The van der Waals surface area contributed by atoms with E-state index in [1.807, 2.05) is 0 Å². The molecule has 1 unspecified atom stereocenters. The predicted molar refractivity (Wildman–Crippen MR) is 105 cm³/mol. The number of aromatic nitrogens is 2. The van der Waals surface area contributed by atoms with Crippen molar-refractivity contribution < 1.29 is 23.9 Å². The van der Waals surface area contributed by atoms with Crippen molar-refractivity contribution in [2.45, 2.75) is 36.5 Å². The van der Waals surface area contributed by atoms with Gasteiger partial charge in [-0.05, 0) is 37.9 Å². The Balaban J connectivity index is 1.71. The summed E-state index contributed by atoms with van der Waals surface area (Å²) >= 11 is 4.19. The van der Waals surface area contributed by atoms with E-state index in [0.717, 1.165) is 9.91 Å². The summed E-state index contributed by atoms with van der Waals surface area (Å²) in [5.41, 5.74) is 6.06. The van der Waals surface area contributed by atoms with Crippen molar-refractivity contribution in [1.29, 1.82) is 0 Å². The van der Waals surface area contributed by atoms with Gasteiger partial charge in [0.2, 0.25) is 12.7 Å². The van der Waals surface area contributed by atoms with Crippen LogP contribution in [0.4, 0.5) is 0 Å². The average molecular weight is 445 g/mol. The molecular formula is C16H20N4O5S3. The van der Waals surface area contributed by atoms with Crippen molar-refractivity contribution >= 4 is 52.9 Å². The number of nitrogens with zero attached hydrogens (tertiary/aromatic N) is 3. The van der Waals surface area contributed by atoms with Crippen LogP contribution in [0.15, 0.2) is 21.9 Å². The van der Waals surface area contributed by atoms with Crippen molar-refractivity contribution in [2.75, 3.05) is 18.3 Å². The van der Waals surface area contributed by atoms with Gasteiger partial charge in [-0.25, -0.2) is 9.78 Å². The molecule has 3 heterocycles. The van der Waals surface area contributed by atoms with E-state index in [-0.39, 0.29) is 17.0 Å². The summed E-state index contributed by atoms with van der Waals surface area (Å²) in [7, 11) is 0. The molecule has 3 rings (SSSR count). The minimum Gasteiger partial charge on any atom is -0.427 e. The lowest BCUT2D eigenvalue weighted by Gasteiger charge is -2.48. The summed E-state index contributed by atoms with van der Waals surface area (Å²) in [4.78, 5) is 42.2. The zero-order valence-corrected chi connectivity index (χ0v) is 18.0. The Morgan fingerprint density at radius 2 is 2.14 bits per heavy atom. The van der Waals surface area contributed by atoms with E-state index in [4.69, 9.17) is 15.2 Å². The lowest BCUT2D eigenvalue weighted by molar-refractivity contribution is -0.173. The van der Waals surface area contributed by atoms with Gasteiger partial charge in [0.1, 0.15) is 23.4 Å². The molecule has 0 aromatic carbocycles. The topological polar surface area (TPSA) is 125 Å². The molecule has 0 radical (unpaired) electrons. The molecule has 1 aromatic rings. The second-order valence-corrected chi connectivity index (χ2v) is 10.2. The maximum absolute atomic E-state index is 12.7. The molecule has 0 aliphatic carbocycles. The summed E-state index contributed by atoms with van der Waals surface area (Å²) in [6, 6.07) is -0.635. The van der Waals surface area contributed by atoms with Crippen LogP contribution in [0.5, 0.6) is 0 Å². The molecule has 2 atom stereocenters. The Morgan fingerprint density at radius 3 is 2.79 bits per heavy atom. The van der Waals surface area contributed by atoms with Crippen LogP contribution < -0.4 is 5.73 Å². The quantitative estimate of drug-likeness (QED) is 0.296. The maximum atomic E-state index is 12.7. The molecule has 1 saturated heterocycles. The molecule has 12 heteroatoms. The Kier molecular flexibility index (Phi) is 6.32. The highest BCUT2D eigenvalue weighted by atomic mass is 32.2. The first-order valence-corrected chi connectivity index (χ1v) is 11.2. The zero-order valence-electron chi connectivity index (χ0n) is 15.5. The van der Waals surface area contributed by atoms with Gasteiger partial charge in [-0.1, -0.05) is 11.8 Å². The van der Waals surface area contributed by atoms with Crippen molar-refractivity contribution in [3.8, 4) is 0 Å². The summed E-state index contributed by atoms with van der Waals surface area (Å²) in [6.45, 7) is 4.59. The first-order chi connectivity index (χ1) is 13.2. The number of β-lactam (4-membered cyclic amide) rings is 1. The van der Waals surface area contributed by atoms with Crippen LogP contribution in [0.25, 0.3) is 0 Å². The largest absolute Gasteiger partial charge is 0.427 e. The SMILES string of the molecule is CC(C)(C)C(=O)OCOC(=O)C1=C(CSc2ncns2)CS[C@H]2C(N)C(=O)N12. The number of hydrogen-bond acceptors (Lipinski definition) is 11. The summed E-state index contributed by atoms with van der Waals surface area (Å²) in [5.74, 6) is -0.518. The molecule has 0 spiro atoms. The van der Waals surface area contributed by atoms with Gasteiger partial charge in [0.05, 0.1) is 5.41 Å². The number of thioether (sulfide) groups is 2. The lowest BCUT2D eigenvalue weighted by Crippen LogP contribution is -2.68. The number of nitrogens with two attached hydrogens (primary N) is 1. The molecule has 2 N–H and O–H groups in total. The highest BCUT2D eigenvalue weighted by Crippen LogP contribution is 2.41. The third-order valence-electron chi connectivity index (χ3n) is 3.99. The van der Waals surface area contributed by atoms with E-state index in [1.54, 1.807) is 20.8 Å². The summed E-state index contributed by atoms with van der Waals surface area (Å²) in [6.07, 6.45) is 1.46. The first-order valence-electron chi connectivity index (χ1n) is 8.36. The molecule has 1 fully saturated rings. The van der Waals surface area contributed by atoms with E-state index in [2.05, 4.69) is 9.36 Å². The molecule has 152 valence electrons. The molecule has 9 nitrogen and oxygen atoms in total. The van der Waals surface area contributed by atoms with E-state index >= 15 is 0 Å². The molecular weight excluding hydrogens is 424 g/mol. The predicted octanol–water partition coefficient (Wildman–Crippen LogP) is 1.22. The Labute approximate surface area is 174 Å². The molecule has 2 aliphatic heterocycles. The fourth-order valence-electron chi connectivity index (χ4n) is 2.48. The lowest BCUT2D eigenvalue weighted by atomic mass is 9.98. The monoisotopic (exact) mass is 444 g/mol. The van der Waals surface area contributed by atoms with Gasteiger partial charge in [-0.15, -0.1) is 11.8 Å². The zero-order chi connectivity index (χ0) is 20.5. The van der Waals surface area contributed by atoms with E-state index in [1.165, 1.54) is 46.3 Å². The van der Waals surface area contributed by atoms with Crippen LogP contribution in [-0.2, 0) is 23.9 Å². The Hall–Kier alpha value is -1.63. The number of esters is 2. The average Bonchev–Trinajstić information content (AvgIpc) is 3.17. The number of hydrogen-bond donors (Lipinski definition) is 1. The third kappa shape index (κ3) is 4.34. The summed E-state index contributed by atoms with van der Waals surface area (Å²) < 4.78 is 14.8. The number of rotatable bonds is 6. The van der Waals surface area contributed by atoms with E-state index in [0.29, 0.717) is 11.5 Å². The van der Waals surface area contributed by atoms with Crippen LogP contribution in [0.1, 0.15) is 20.8 Å². The van der Waals surface area contributed by atoms with Crippen LogP contribution in [0.3, 0.4) is 0 Å². The Morgan fingerprint density at radius 1 is 1.39 bits per heavy atom. The molecule has 1 aromatic heterocycles. The number of fused-ring (bicyclic) bond motifs is 1. The maximum Gasteiger partial charge on any atom is 0.357 e. The van der Waals surface area contributed by atoms with Gasteiger partial charge in [0.25, 0.3) is 0 Å². The van der Waals surface area contributed by atoms with Gasteiger partial charge in [0.15, 0.2) is 4.34 Å². The number of amides is 1. The van der Waals surface area contributed by atoms with Crippen molar-refractivity contribution in [3.63, 3.8) is 0 Å². The first kappa shape index (κ1) is 21.1. The summed E-state index contributed by atoms with van der Waals surface area (Å²) in [5, 5.41) is -0.289.